The number of benzene rings is 1. The maximum absolute atomic E-state index is 12.0. The van der Waals surface area contributed by atoms with Gasteiger partial charge in [-0.2, -0.15) is 11.3 Å². The normalized spacial score (nSPS) is 11.1. The van der Waals surface area contributed by atoms with Gasteiger partial charge in [0.05, 0.1) is 0 Å². The summed E-state index contributed by atoms with van der Waals surface area (Å²) in [6, 6.07) is 10.2. The van der Waals surface area contributed by atoms with E-state index in [9.17, 15) is 4.79 Å². The molecular formula is C18H24N2O2S. The minimum Gasteiger partial charge on any atom is -0.444 e. The first-order valence-electron chi connectivity index (χ1n) is 7.61. The van der Waals surface area contributed by atoms with Crippen LogP contribution in [-0.2, 0) is 17.8 Å². The third-order valence-corrected chi connectivity index (χ3v) is 3.86. The predicted octanol–water partition coefficient (Wildman–Crippen LogP) is 4.73. The number of carbonyl (C=O) groups is 1. The summed E-state index contributed by atoms with van der Waals surface area (Å²) >= 11 is 1.70. The third kappa shape index (κ3) is 5.94. The molecule has 124 valence electrons. The first-order valence-corrected chi connectivity index (χ1v) is 8.56. The van der Waals surface area contributed by atoms with Gasteiger partial charge in [0, 0.05) is 25.8 Å². The van der Waals surface area contributed by atoms with E-state index in [1.807, 2.05) is 39.0 Å². The molecule has 1 heterocycles. The van der Waals surface area contributed by atoms with Gasteiger partial charge in [0.25, 0.3) is 0 Å². The molecule has 23 heavy (non-hydrogen) atoms. The summed E-state index contributed by atoms with van der Waals surface area (Å²) in [6.07, 6.45) is -0.311. The Morgan fingerprint density at radius 2 is 2.04 bits per heavy atom. The average Bonchev–Trinajstić information content (AvgIpc) is 2.97. The van der Waals surface area contributed by atoms with Crippen molar-refractivity contribution in [3.63, 3.8) is 0 Å². The smallest absolute Gasteiger partial charge is 0.410 e. The van der Waals surface area contributed by atoms with Crippen LogP contribution in [0.1, 0.15) is 31.9 Å². The predicted molar refractivity (Wildman–Crippen MR) is 95.8 cm³/mol. The van der Waals surface area contributed by atoms with Crippen LogP contribution < -0.4 is 5.32 Å². The Hall–Kier alpha value is -2.01. The number of amides is 1. The number of thiophene rings is 1. The molecule has 0 unspecified atom stereocenters. The lowest BCUT2D eigenvalue weighted by molar-refractivity contribution is 0.0285. The van der Waals surface area contributed by atoms with E-state index < -0.39 is 5.60 Å². The molecule has 1 aromatic heterocycles. The first-order chi connectivity index (χ1) is 10.8. The van der Waals surface area contributed by atoms with Crippen LogP contribution in [0.4, 0.5) is 10.5 Å². The van der Waals surface area contributed by atoms with Crippen LogP contribution in [0.5, 0.6) is 0 Å². The standard InChI is InChI=1S/C18H24N2O2S/c1-18(2,3)22-17(21)20(4)12-14-6-5-7-16(10-14)19-11-15-8-9-23-13-15/h5-10,13,19H,11-12H2,1-4H3. The van der Waals surface area contributed by atoms with Gasteiger partial charge in [-0.1, -0.05) is 12.1 Å². The molecule has 2 rings (SSSR count). The Balaban J connectivity index is 1.92. The molecule has 0 fully saturated rings. The molecule has 0 saturated carbocycles. The summed E-state index contributed by atoms with van der Waals surface area (Å²) in [5.41, 5.74) is 2.90. The first kappa shape index (κ1) is 17.3. The molecule has 0 radical (unpaired) electrons. The summed E-state index contributed by atoms with van der Waals surface area (Å²) in [5, 5.41) is 7.60. The molecule has 1 N–H and O–H groups in total. The van der Waals surface area contributed by atoms with E-state index in [2.05, 4.69) is 28.2 Å². The molecule has 0 bridgehead atoms. The van der Waals surface area contributed by atoms with Crippen molar-refractivity contribution >= 4 is 23.1 Å². The lowest BCUT2D eigenvalue weighted by Gasteiger charge is -2.24. The lowest BCUT2D eigenvalue weighted by Crippen LogP contribution is -2.33. The second-order valence-electron chi connectivity index (χ2n) is 6.52. The van der Waals surface area contributed by atoms with Crippen LogP contribution in [0, 0.1) is 0 Å². The molecule has 1 amide bonds. The van der Waals surface area contributed by atoms with Crippen molar-refractivity contribution in [1.82, 2.24) is 4.90 Å². The maximum atomic E-state index is 12.0. The van der Waals surface area contributed by atoms with Crippen molar-refractivity contribution in [3.05, 3.63) is 52.2 Å². The fourth-order valence-electron chi connectivity index (χ4n) is 2.06. The van der Waals surface area contributed by atoms with Gasteiger partial charge in [-0.05, 0) is 60.9 Å². The molecule has 0 atom stereocenters. The fourth-order valence-corrected chi connectivity index (χ4v) is 2.72. The molecular weight excluding hydrogens is 308 g/mol. The average molecular weight is 332 g/mol. The minimum absolute atomic E-state index is 0.311. The van der Waals surface area contributed by atoms with Crippen molar-refractivity contribution in [2.75, 3.05) is 12.4 Å². The number of nitrogens with one attached hydrogen (secondary N) is 1. The Morgan fingerprint density at radius 1 is 1.26 bits per heavy atom. The zero-order chi connectivity index (χ0) is 16.9. The van der Waals surface area contributed by atoms with Crippen LogP contribution in [0.2, 0.25) is 0 Å². The highest BCUT2D eigenvalue weighted by Gasteiger charge is 2.19. The van der Waals surface area contributed by atoms with E-state index in [1.165, 1.54) is 5.56 Å². The highest BCUT2D eigenvalue weighted by atomic mass is 32.1. The zero-order valence-corrected chi connectivity index (χ0v) is 14.9. The third-order valence-electron chi connectivity index (χ3n) is 3.13. The molecule has 0 aliphatic heterocycles. The summed E-state index contributed by atoms with van der Waals surface area (Å²) in [7, 11) is 1.75. The number of hydrogen-bond donors (Lipinski definition) is 1. The number of hydrogen-bond acceptors (Lipinski definition) is 4. The van der Waals surface area contributed by atoms with E-state index in [4.69, 9.17) is 4.74 Å². The van der Waals surface area contributed by atoms with Crippen molar-refractivity contribution in [3.8, 4) is 0 Å². The van der Waals surface area contributed by atoms with Crippen molar-refractivity contribution < 1.29 is 9.53 Å². The second-order valence-corrected chi connectivity index (χ2v) is 7.30. The van der Waals surface area contributed by atoms with Gasteiger partial charge in [0.2, 0.25) is 0 Å². The Kier molecular flexibility index (Phi) is 5.66. The molecule has 0 aliphatic rings. The topological polar surface area (TPSA) is 41.6 Å². The van der Waals surface area contributed by atoms with Gasteiger partial charge in [-0.3, -0.25) is 0 Å². The van der Waals surface area contributed by atoms with Crippen LogP contribution in [0.3, 0.4) is 0 Å². The molecule has 4 nitrogen and oxygen atoms in total. The van der Waals surface area contributed by atoms with Crippen LogP contribution in [0.25, 0.3) is 0 Å². The lowest BCUT2D eigenvalue weighted by atomic mass is 10.2. The van der Waals surface area contributed by atoms with E-state index in [-0.39, 0.29) is 6.09 Å². The molecule has 2 aromatic rings. The van der Waals surface area contributed by atoms with E-state index >= 15 is 0 Å². The molecule has 5 heteroatoms. The summed E-state index contributed by atoms with van der Waals surface area (Å²) in [6.45, 7) is 6.92. The number of nitrogens with zero attached hydrogens (tertiary/aromatic N) is 1. The van der Waals surface area contributed by atoms with Gasteiger partial charge in [-0.15, -0.1) is 0 Å². The highest BCUT2D eigenvalue weighted by Crippen LogP contribution is 2.16. The van der Waals surface area contributed by atoms with Gasteiger partial charge < -0.3 is 15.0 Å². The second kappa shape index (κ2) is 7.51. The molecule has 0 spiro atoms. The van der Waals surface area contributed by atoms with Crippen molar-refractivity contribution in [1.29, 1.82) is 0 Å². The largest absolute Gasteiger partial charge is 0.444 e. The summed E-state index contributed by atoms with van der Waals surface area (Å²) < 4.78 is 5.37. The van der Waals surface area contributed by atoms with Crippen molar-refractivity contribution in [2.45, 2.75) is 39.5 Å². The maximum Gasteiger partial charge on any atom is 0.410 e. The molecule has 0 aliphatic carbocycles. The Labute approximate surface area is 142 Å². The Bertz CT molecular complexity index is 633. The summed E-state index contributed by atoms with van der Waals surface area (Å²) in [4.78, 5) is 13.6. The number of anilines is 1. The van der Waals surface area contributed by atoms with E-state index in [0.29, 0.717) is 6.54 Å². The summed E-state index contributed by atoms with van der Waals surface area (Å²) in [5.74, 6) is 0. The molecule has 0 saturated heterocycles. The fraction of sp³-hybridized carbons (Fsp3) is 0.389. The Morgan fingerprint density at radius 3 is 2.70 bits per heavy atom. The van der Waals surface area contributed by atoms with Gasteiger partial charge >= 0.3 is 6.09 Å². The number of carbonyl (C=O) groups excluding carboxylic acids is 1. The van der Waals surface area contributed by atoms with E-state index in [1.54, 1.807) is 23.3 Å². The zero-order valence-electron chi connectivity index (χ0n) is 14.1. The minimum atomic E-state index is -0.477. The van der Waals surface area contributed by atoms with Gasteiger partial charge in [0.1, 0.15) is 5.60 Å². The van der Waals surface area contributed by atoms with Crippen LogP contribution >= 0.6 is 11.3 Å². The van der Waals surface area contributed by atoms with Crippen LogP contribution in [-0.4, -0.2) is 23.6 Å². The van der Waals surface area contributed by atoms with E-state index in [0.717, 1.165) is 17.8 Å². The quantitative estimate of drug-likeness (QED) is 0.861. The number of ether oxygens (including phenoxy) is 1. The number of rotatable bonds is 5. The monoisotopic (exact) mass is 332 g/mol. The SMILES string of the molecule is CN(Cc1cccc(NCc2ccsc2)c1)C(=O)OC(C)(C)C. The highest BCUT2D eigenvalue weighted by molar-refractivity contribution is 7.07. The van der Waals surface area contributed by atoms with Crippen molar-refractivity contribution in [2.24, 2.45) is 0 Å². The van der Waals surface area contributed by atoms with Crippen LogP contribution in [0.15, 0.2) is 41.1 Å². The molecule has 1 aromatic carbocycles. The van der Waals surface area contributed by atoms with Gasteiger partial charge in [-0.25, -0.2) is 4.79 Å². The van der Waals surface area contributed by atoms with Gasteiger partial charge in [0.15, 0.2) is 0 Å².